The van der Waals surface area contributed by atoms with E-state index in [4.69, 9.17) is 4.74 Å². The van der Waals surface area contributed by atoms with E-state index in [1.807, 2.05) is 6.92 Å². The van der Waals surface area contributed by atoms with E-state index in [0.29, 0.717) is 37.4 Å². The second-order valence-electron chi connectivity index (χ2n) is 5.97. The van der Waals surface area contributed by atoms with Crippen LogP contribution in [0.25, 0.3) is 0 Å². The molecule has 0 spiro atoms. The van der Waals surface area contributed by atoms with Crippen LogP contribution in [0.2, 0.25) is 0 Å². The maximum Gasteiger partial charge on any atom is 0.257 e. The highest BCUT2D eigenvalue weighted by Crippen LogP contribution is 2.25. The lowest BCUT2D eigenvalue weighted by atomic mass is 10.1. The molecule has 0 aliphatic carbocycles. The van der Waals surface area contributed by atoms with Gasteiger partial charge in [0.1, 0.15) is 5.75 Å². The van der Waals surface area contributed by atoms with Crippen LogP contribution in [0.5, 0.6) is 5.75 Å². The Labute approximate surface area is 144 Å². The van der Waals surface area contributed by atoms with E-state index in [-0.39, 0.29) is 10.8 Å². The molecule has 1 saturated heterocycles. The lowest BCUT2D eigenvalue weighted by Crippen LogP contribution is -2.32. The molecule has 134 valence electrons. The van der Waals surface area contributed by atoms with Crippen LogP contribution < -0.4 is 9.46 Å². The number of rotatable bonds is 6. The van der Waals surface area contributed by atoms with Gasteiger partial charge >= 0.3 is 0 Å². The molecule has 0 aromatic heterocycles. The fourth-order valence-electron chi connectivity index (χ4n) is 2.79. The second kappa shape index (κ2) is 8.48. The van der Waals surface area contributed by atoms with Crippen LogP contribution in [0, 0.1) is 0 Å². The Kier molecular flexibility index (Phi) is 6.62. The first-order chi connectivity index (χ1) is 11.5. The molecule has 24 heavy (non-hydrogen) atoms. The average Bonchev–Trinajstić information content (AvgIpc) is 2.88. The molecule has 1 N–H and O–H groups in total. The summed E-state index contributed by atoms with van der Waals surface area (Å²) < 4.78 is 32.4. The number of likely N-dealkylation sites (tertiary alicyclic amines) is 1. The number of hydrogen-bond acceptors (Lipinski definition) is 4. The van der Waals surface area contributed by atoms with Crippen molar-refractivity contribution >= 4 is 15.9 Å². The van der Waals surface area contributed by atoms with Crippen LogP contribution in [0.1, 0.15) is 49.4 Å². The Morgan fingerprint density at radius 3 is 2.46 bits per heavy atom. The fraction of sp³-hybridized carbons (Fsp3) is 0.588. The third-order valence-electron chi connectivity index (χ3n) is 4.15. The van der Waals surface area contributed by atoms with Crippen molar-refractivity contribution in [3.05, 3.63) is 23.8 Å². The molecule has 1 aliphatic rings. The summed E-state index contributed by atoms with van der Waals surface area (Å²) in [6.07, 6.45) is 4.90. The van der Waals surface area contributed by atoms with Gasteiger partial charge in [0, 0.05) is 19.6 Å². The van der Waals surface area contributed by atoms with Gasteiger partial charge in [-0.3, -0.25) is 4.79 Å². The number of nitrogens with one attached hydrogen (secondary N) is 1. The van der Waals surface area contributed by atoms with Gasteiger partial charge in [-0.2, -0.15) is 0 Å². The van der Waals surface area contributed by atoms with Gasteiger partial charge in [-0.15, -0.1) is 0 Å². The lowest BCUT2D eigenvalue weighted by Gasteiger charge is -2.22. The third kappa shape index (κ3) is 4.48. The average molecular weight is 354 g/mol. The summed E-state index contributed by atoms with van der Waals surface area (Å²) in [4.78, 5) is 14.7. The molecule has 2 rings (SSSR count). The summed E-state index contributed by atoms with van der Waals surface area (Å²) in [6, 6.07) is 4.44. The molecule has 0 saturated carbocycles. The standard InChI is InChI=1S/C17H26N2O4S/c1-3-10-18-24(21,22)14-8-9-16(23-2)15(13-14)17(20)19-11-6-4-5-7-12-19/h8-9,13,18H,3-7,10-12H2,1-2H3. The van der Waals surface area contributed by atoms with E-state index in [1.54, 1.807) is 11.0 Å². The zero-order valence-corrected chi connectivity index (χ0v) is 15.2. The molecular weight excluding hydrogens is 328 g/mol. The first kappa shape index (κ1) is 18.7. The number of benzene rings is 1. The minimum absolute atomic E-state index is 0.0925. The van der Waals surface area contributed by atoms with Gasteiger partial charge in [0.15, 0.2) is 0 Å². The predicted octanol–water partition coefficient (Wildman–Crippen LogP) is 2.40. The molecule has 1 amide bonds. The lowest BCUT2D eigenvalue weighted by molar-refractivity contribution is 0.0758. The van der Waals surface area contributed by atoms with Gasteiger partial charge in [0.25, 0.3) is 5.91 Å². The monoisotopic (exact) mass is 354 g/mol. The number of methoxy groups -OCH3 is 1. The molecule has 6 nitrogen and oxygen atoms in total. The summed E-state index contributed by atoms with van der Waals surface area (Å²) in [6.45, 7) is 3.66. The second-order valence-corrected chi connectivity index (χ2v) is 7.73. The molecular formula is C17H26N2O4S. The van der Waals surface area contributed by atoms with Crippen molar-refractivity contribution in [2.24, 2.45) is 0 Å². The minimum atomic E-state index is -3.62. The number of sulfonamides is 1. The molecule has 1 aromatic rings. The number of nitrogens with zero attached hydrogens (tertiary/aromatic N) is 1. The first-order valence-corrected chi connectivity index (χ1v) is 9.95. The highest BCUT2D eigenvalue weighted by molar-refractivity contribution is 7.89. The normalized spacial score (nSPS) is 15.8. The Hall–Kier alpha value is -1.60. The van der Waals surface area contributed by atoms with Gasteiger partial charge in [0.2, 0.25) is 10.0 Å². The SMILES string of the molecule is CCCNS(=O)(=O)c1ccc(OC)c(C(=O)N2CCCCCC2)c1. The van der Waals surface area contributed by atoms with Crippen LogP contribution in [0.4, 0.5) is 0 Å². The van der Waals surface area contributed by atoms with Gasteiger partial charge in [-0.1, -0.05) is 19.8 Å². The third-order valence-corrected chi connectivity index (χ3v) is 5.61. The van der Waals surface area contributed by atoms with Crippen LogP contribution >= 0.6 is 0 Å². The Morgan fingerprint density at radius 1 is 1.21 bits per heavy atom. The molecule has 1 aliphatic heterocycles. The molecule has 1 aromatic carbocycles. The number of amides is 1. The largest absolute Gasteiger partial charge is 0.496 e. The minimum Gasteiger partial charge on any atom is -0.496 e. The van der Waals surface area contributed by atoms with Gasteiger partial charge < -0.3 is 9.64 Å². The van der Waals surface area contributed by atoms with E-state index in [0.717, 1.165) is 25.7 Å². The van der Waals surface area contributed by atoms with E-state index in [9.17, 15) is 13.2 Å². The molecule has 7 heteroatoms. The highest BCUT2D eigenvalue weighted by Gasteiger charge is 2.23. The summed E-state index contributed by atoms with van der Waals surface area (Å²) in [7, 11) is -2.13. The van der Waals surface area contributed by atoms with E-state index >= 15 is 0 Å². The summed E-state index contributed by atoms with van der Waals surface area (Å²) in [5, 5.41) is 0. The smallest absolute Gasteiger partial charge is 0.257 e. The number of carbonyl (C=O) groups is 1. The molecule has 1 fully saturated rings. The number of ether oxygens (including phenoxy) is 1. The molecule has 0 atom stereocenters. The molecule has 0 radical (unpaired) electrons. The first-order valence-electron chi connectivity index (χ1n) is 8.46. The van der Waals surface area contributed by atoms with E-state index < -0.39 is 10.0 Å². The topological polar surface area (TPSA) is 75.7 Å². The predicted molar refractivity (Wildman–Crippen MR) is 92.8 cm³/mol. The van der Waals surface area contributed by atoms with Crippen molar-refractivity contribution in [1.29, 1.82) is 0 Å². The van der Waals surface area contributed by atoms with E-state index in [1.165, 1.54) is 19.2 Å². The maximum absolute atomic E-state index is 12.9. The van der Waals surface area contributed by atoms with Gasteiger partial charge in [-0.05, 0) is 37.5 Å². The van der Waals surface area contributed by atoms with Crippen LogP contribution in [0.15, 0.2) is 23.1 Å². The maximum atomic E-state index is 12.9. The van der Waals surface area contributed by atoms with Crippen molar-refractivity contribution in [3.8, 4) is 5.75 Å². The molecule has 0 unspecified atom stereocenters. The Balaban J connectivity index is 2.33. The molecule has 1 heterocycles. The summed E-state index contributed by atoms with van der Waals surface area (Å²) in [5.74, 6) is 0.236. The number of carbonyl (C=O) groups excluding carboxylic acids is 1. The number of hydrogen-bond donors (Lipinski definition) is 1. The van der Waals surface area contributed by atoms with Crippen LogP contribution in [-0.2, 0) is 10.0 Å². The summed E-state index contributed by atoms with van der Waals surface area (Å²) >= 11 is 0. The van der Waals surface area contributed by atoms with Crippen molar-refractivity contribution in [2.75, 3.05) is 26.7 Å². The van der Waals surface area contributed by atoms with Crippen molar-refractivity contribution in [2.45, 2.75) is 43.9 Å². The van der Waals surface area contributed by atoms with Crippen molar-refractivity contribution in [3.63, 3.8) is 0 Å². The van der Waals surface area contributed by atoms with Gasteiger partial charge in [0.05, 0.1) is 17.6 Å². The molecule has 0 bridgehead atoms. The summed E-state index contributed by atoms with van der Waals surface area (Å²) in [5.41, 5.74) is 0.304. The van der Waals surface area contributed by atoms with Gasteiger partial charge in [-0.25, -0.2) is 13.1 Å². The quantitative estimate of drug-likeness (QED) is 0.851. The van der Waals surface area contributed by atoms with E-state index in [2.05, 4.69) is 4.72 Å². The zero-order chi connectivity index (χ0) is 17.6. The van der Waals surface area contributed by atoms with Crippen molar-refractivity contribution < 1.29 is 17.9 Å². The fourth-order valence-corrected chi connectivity index (χ4v) is 3.94. The highest BCUT2D eigenvalue weighted by atomic mass is 32.2. The van der Waals surface area contributed by atoms with Crippen LogP contribution in [-0.4, -0.2) is 46.0 Å². The Bertz CT molecular complexity index is 665. The van der Waals surface area contributed by atoms with Crippen LogP contribution in [0.3, 0.4) is 0 Å². The van der Waals surface area contributed by atoms with Crippen molar-refractivity contribution in [1.82, 2.24) is 9.62 Å². The zero-order valence-electron chi connectivity index (χ0n) is 14.4. The Morgan fingerprint density at radius 2 is 1.88 bits per heavy atom.